The van der Waals surface area contributed by atoms with E-state index in [1.54, 1.807) is 36.7 Å². The number of benzene rings is 1. The number of hydrogen-bond acceptors (Lipinski definition) is 3. The van der Waals surface area contributed by atoms with Crippen molar-refractivity contribution in [3.63, 3.8) is 0 Å². The summed E-state index contributed by atoms with van der Waals surface area (Å²) >= 11 is 0. The Morgan fingerprint density at radius 3 is 2.23 bits per heavy atom. The van der Waals surface area contributed by atoms with Crippen LogP contribution >= 0.6 is 0 Å². The van der Waals surface area contributed by atoms with Gasteiger partial charge in [-0.2, -0.15) is 0 Å². The number of carbonyl (C=O) groups is 2. The fourth-order valence-corrected chi connectivity index (χ4v) is 1.81. The minimum absolute atomic E-state index is 0.271. The third-order valence-electron chi connectivity index (χ3n) is 3.02. The Hall–Kier alpha value is -2.76. The van der Waals surface area contributed by atoms with Gasteiger partial charge in [-0.15, -0.1) is 0 Å². The van der Waals surface area contributed by atoms with Crippen molar-refractivity contribution in [2.24, 2.45) is 0 Å². The molecule has 5 nitrogen and oxygen atoms in total. The second-order valence-corrected chi connectivity index (χ2v) is 4.67. The van der Waals surface area contributed by atoms with Crippen LogP contribution in [0.4, 0.5) is 4.39 Å². The number of aromatic nitrogens is 1. The van der Waals surface area contributed by atoms with Crippen LogP contribution in [-0.2, 0) is 22.6 Å². The highest BCUT2D eigenvalue weighted by Crippen LogP contribution is 2.02. The summed E-state index contributed by atoms with van der Waals surface area (Å²) in [5.74, 6) is -1.67. The van der Waals surface area contributed by atoms with E-state index in [1.807, 2.05) is 0 Å². The maximum absolute atomic E-state index is 12.7. The molecule has 2 N–H and O–H groups in total. The molecular weight excluding hydrogens is 285 g/mol. The molecule has 2 amide bonds. The van der Waals surface area contributed by atoms with E-state index in [9.17, 15) is 14.0 Å². The highest BCUT2D eigenvalue weighted by Gasteiger charge is 2.12. The number of carbonyl (C=O) groups excluding carboxylic acids is 2. The first-order valence-electron chi connectivity index (χ1n) is 6.84. The molecule has 0 radical (unpaired) electrons. The number of halogens is 1. The molecule has 1 heterocycles. The Morgan fingerprint density at radius 2 is 1.55 bits per heavy atom. The van der Waals surface area contributed by atoms with Crippen molar-refractivity contribution in [3.05, 3.63) is 65.7 Å². The number of hydrogen-bond donors (Lipinski definition) is 2. The molecule has 0 atom stereocenters. The van der Waals surface area contributed by atoms with E-state index in [-0.39, 0.29) is 12.4 Å². The molecule has 114 valence electrons. The van der Waals surface area contributed by atoms with Crippen LogP contribution < -0.4 is 10.6 Å². The summed E-state index contributed by atoms with van der Waals surface area (Å²) < 4.78 is 12.7. The highest BCUT2D eigenvalue weighted by molar-refractivity contribution is 6.35. The molecule has 0 spiro atoms. The van der Waals surface area contributed by atoms with Crippen LogP contribution in [0, 0.1) is 5.82 Å². The molecule has 0 aliphatic heterocycles. The van der Waals surface area contributed by atoms with Gasteiger partial charge in [-0.05, 0) is 41.8 Å². The lowest BCUT2D eigenvalue weighted by atomic mass is 10.1. The molecule has 22 heavy (non-hydrogen) atoms. The Morgan fingerprint density at radius 1 is 0.909 bits per heavy atom. The van der Waals surface area contributed by atoms with Gasteiger partial charge in [0.05, 0.1) is 0 Å². The predicted octanol–water partition coefficient (Wildman–Crippen LogP) is 1.20. The average Bonchev–Trinajstić information content (AvgIpc) is 2.55. The van der Waals surface area contributed by atoms with Gasteiger partial charge in [-0.1, -0.05) is 12.1 Å². The fourth-order valence-electron chi connectivity index (χ4n) is 1.81. The molecule has 0 unspecified atom stereocenters. The average molecular weight is 301 g/mol. The van der Waals surface area contributed by atoms with E-state index in [1.165, 1.54) is 12.1 Å². The van der Waals surface area contributed by atoms with Gasteiger partial charge in [-0.25, -0.2) is 4.39 Å². The summed E-state index contributed by atoms with van der Waals surface area (Å²) in [6, 6.07) is 9.52. The molecule has 0 aliphatic carbocycles. The molecule has 2 aromatic rings. The summed E-state index contributed by atoms with van der Waals surface area (Å²) in [7, 11) is 0. The van der Waals surface area contributed by atoms with Crippen molar-refractivity contribution in [2.45, 2.75) is 13.0 Å². The van der Waals surface area contributed by atoms with Crippen molar-refractivity contribution in [1.29, 1.82) is 0 Å². The Labute approximate surface area is 127 Å². The Kier molecular flexibility index (Phi) is 5.59. The van der Waals surface area contributed by atoms with Gasteiger partial charge < -0.3 is 10.6 Å². The number of nitrogens with zero attached hydrogens (tertiary/aromatic N) is 1. The summed E-state index contributed by atoms with van der Waals surface area (Å²) in [6.07, 6.45) is 3.76. The lowest BCUT2D eigenvalue weighted by Crippen LogP contribution is -2.40. The maximum atomic E-state index is 12.7. The zero-order chi connectivity index (χ0) is 15.8. The van der Waals surface area contributed by atoms with Gasteiger partial charge in [0.15, 0.2) is 0 Å². The SMILES string of the molecule is O=C(NCCc1ccc(F)cc1)C(=O)NCc1ccncc1. The van der Waals surface area contributed by atoms with Crippen LogP contribution in [0.25, 0.3) is 0 Å². The second kappa shape index (κ2) is 7.87. The van der Waals surface area contributed by atoms with E-state index in [0.717, 1.165) is 11.1 Å². The zero-order valence-corrected chi connectivity index (χ0v) is 11.9. The largest absolute Gasteiger partial charge is 0.348 e. The van der Waals surface area contributed by atoms with Gasteiger partial charge in [-0.3, -0.25) is 14.6 Å². The molecule has 1 aromatic carbocycles. The molecular formula is C16H16FN3O2. The molecule has 6 heteroatoms. The van der Waals surface area contributed by atoms with Crippen molar-refractivity contribution in [2.75, 3.05) is 6.54 Å². The number of nitrogens with one attached hydrogen (secondary N) is 2. The predicted molar refractivity (Wildman–Crippen MR) is 79.2 cm³/mol. The third-order valence-corrected chi connectivity index (χ3v) is 3.02. The molecule has 2 rings (SSSR count). The Bertz CT molecular complexity index is 630. The molecule has 0 aliphatic rings. The third kappa shape index (κ3) is 4.97. The number of amides is 2. The van der Waals surface area contributed by atoms with E-state index in [0.29, 0.717) is 13.0 Å². The van der Waals surface area contributed by atoms with Gasteiger partial charge in [0.25, 0.3) is 0 Å². The van der Waals surface area contributed by atoms with Crippen LogP contribution in [0.15, 0.2) is 48.8 Å². The lowest BCUT2D eigenvalue weighted by molar-refractivity contribution is -0.139. The minimum atomic E-state index is -0.684. The second-order valence-electron chi connectivity index (χ2n) is 4.67. The quantitative estimate of drug-likeness (QED) is 0.815. The molecule has 1 aromatic heterocycles. The molecule has 0 bridgehead atoms. The van der Waals surface area contributed by atoms with Gasteiger partial charge in [0, 0.05) is 25.5 Å². The molecule has 0 fully saturated rings. The smallest absolute Gasteiger partial charge is 0.309 e. The highest BCUT2D eigenvalue weighted by atomic mass is 19.1. The van der Waals surface area contributed by atoms with Gasteiger partial charge >= 0.3 is 11.8 Å². The van der Waals surface area contributed by atoms with Crippen molar-refractivity contribution >= 4 is 11.8 Å². The Balaban J connectivity index is 1.70. The summed E-state index contributed by atoms with van der Waals surface area (Å²) in [5.41, 5.74) is 1.75. The van der Waals surface area contributed by atoms with Crippen LogP contribution in [0.3, 0.4) is 0 Å². The summed E-state index contributed by atoms with van der Waals surface area (Å²) in [4.78, 5) is 27.1. The molecule has 0 saturated heterocycles. The normalized spacial score (nSPS) is 10.0. The van der Waals surface area contributed by atoms with Crippen LogP contribution in [0.5, 0.6) is 0 Å². The van der Waals surface area contributed by atoms with Gasteiger partial charge in [0.1, 0.15) is 5.82 Å². The number of pyridine rings is 1. The van der Waals surface area contributed by atoms with E-state index >= 15 is 0 Å². The van der Waals surface area contributed by atoms with Crippen molar-refractivity contribution in [1.82, 2.24) is 15.6 Å². The first kappa shape index (κ1) is 15.6. The van der Waals surface area contributed by atoms with Crippen LogP contribution in [0.1, 0.15) is 11.1 Å². The fraction of sp³-hybridized carbons (Fsp3) is 0.188. The van der Waals surface area contributed by atoms with E-state index in [2.05, 4.69) is 15.6 Å². The van der Waals surface area contributed by atoms with E-state index < -0.39 is 11.8 Å². The van der Waals surface area contributed by atoms with Crippen LogP contribution in [0.2, 0.25) is 0 Å². The van der Waals surface area contributed by atoms with E-state index in [4.69, 9.17) is 0 Å². The van der Waals surface area contributed by atoms with Crippen molar-refractivity contribution < 1.29 is 14.0 Å². The van der Waals surface area contributed by atoms with Gasteiger partial charge in [0.2, 0.25) is 0 Å². The zero-order valence-electron chi connectivity index (χ0n) is 11.9. The topological polar surface area (TPSA) is 71.1 Å². The molecule has 0 saturated carbocycles. The van der Waals surface area contributed by atoms with Crippen LogP contribution in [-0.4, -0.2) is 23.3 Å². The minimum Gasteiger partial charge on any atom is -0.348 e. The maximum Gasteiger partial charge on any atom is 0.309 e. The first-order valence-corrected chi connectivity index (χ1v) is 6.84. The lowest BCUT2D eigenvalue weighted by Gasteiger charge is -2.06. The first-order chi connectivity index (χ1) is 10.6. The summed E-state index contributed by atoms with van der Waals surface area (Å²) in [6.45, 7) is 0.583. The van der Waals surface area contributed by atoms with Crippen molar-refractivity contribution in [3.8, 4) is 0 Å². The monoisotopic (exact) mass is 301 g/mol. The number of rotatable bonds is 5. The standard InChI is InChI=1S/C16H16FN3O2/c17-14-3-1-12(2-4-14)7-10-19-15(21)16(22)20-11-13-5-8-18-9-6-13/h1-6,8-9H,7,10-11H2,(H,19,21)(H,20,22). The summed E-state index contributed by atoms with van der Waals surface area (Å²) in [5, 5.41) is 5.05.